The highest BCUT2D eigenvalue weighted by atomic mass is 35.5. The van der Waals surface area contributed by atoms with Gasteiger partial charge in [0.25, 0.3) is 0 Å². The van der Waals surface area contributed by atoms with Gasteiger partial charge in [-0.1, -0.05) is 18.0 Å². The highest BCUT2D eigenvalue weighted by Crippen LogP contribution is 2.29. The Labute approximate surface area is 151 Å². The van der Waals surface area contributed by atoms with Crippen molar-refractivity contribution >= 4 is 22.6 Å². The van der Waals surface area contributed by atoms with Crippen LogP contribution in [0, 0.1) is 6.92 Å². The monoisotopic (exact) mass is 363 g/mol. The van der Waals surface area contributed by atoms with E-state index in [1.54, 1.807) is 6.07 Å². The number of aryl methyl sites for hydroxylation is 1. The molecule has 1 aromatic carbocycles. The minimum Gasteiger partial charge on any atom is -0.423 e. The zero-order valence-electron chi connectivity index (χ0n) is 14.3. The van der Waals surface area contributed by atoms with Gasteiger partial charge in [-0.3, -0.25) is 4.90 Å². The summed E-state index contributed by atoms with van der Waals surface area (Å²) in [6.07, 6.45) is 3.19. The van der Waals surface area contributed by atoms with Gasteiger partial charge < -0.3 is 13.9 Å². The quantitative estimate of drug-likeness (QED) is 0.781. The topological polar surface area (TPSA) is 51.9 Å². The van der Waals surface area contributed by atoms with Crippen molar-refractivity contribution in [3.8, 4) is 0 Å². The van der Waals surface area contributed by atoms with Gasteiger partial charge in [-0.05, 0) is 49.6 Å². The Kier molecular flexibility index (Phi) is 4.82. The first-order chi connectivity index (χ1) is 12.1. The van der Waals surface area contributed by atoms with E-state index in [0.717, 1.165) is 35.9 Å². The van der Waals surface area contributed by atoms with Gasteiger partial charge in [0.1, 0.15) is 5.58 Å². The van der Waals surface area contributed by atoms with E-state index in [1.165, 1.54) is 6.42 Å². The van der Waals surface area contributed by atoms with Gasteiger partial charge in [0.2, 0.25) is 0 Å². The molecule has 1 unspecified atom stereocenters. The van der Waals surface area contributed by atoms with Crippen molar-refractivity contribution in [1.82, 2.24) is 4.90 Å². The van der Waals surface area contributed by atoms with Crippen molar-refractivity contribution < 1.29 is 13.9 Å². The molecule has 2 aliphatic rings. The van der Waals surface area contributed by atoms with Crippen molar-refractivity contribution in [3.63, 3.8) is 0 Å². The molecule has 0 radical (unpaired) electrons. The SMILES string of the molecule is Cc1cc2oc(=O)cc(CN3CCCCC3C3OCCO3)c2cc1Cl. The number of rotatable bonds is 3. The average molecular weight is 364 g/mol. The molecule has 0 aliphatic carbocycles. The van der Waals surface area contributed by atoms with Crippen molar-refractivity contribution in [2.24, 2.45) is 0 Å². The molecule has 5 nitrogen and oxygen atoms in total. The van der Waals surface area contributed by atoms with Crippen molar-refractivity contribution in [1.29, 1.82) is 0 Å². The van der Waals surface area contributed by atoms with Crippen LogP contribution in [0.5, 0.6) is 0 Å². The maximum Gasteiger partial charge on any atom is 0.336 e. The van der Waals surface area contributed by atoms with E-state index in [2.05, 4.69) is 4.90 Å². The molecule has 134 valence electrons. The number of hydrogen-bond acceptors (Lipinski definition) is 5. The smallest absolute Gasteiger partial charge is 0.336 e. The summed E-state index contributed by atoms with van der Waals surface area (Å²) in [5, 5.41) is 1.58. The number of fused-ring (bicyclic) bond motifs is 1. The highest BCUT2D eigenvalue weighted by Gasteiger charge is 2.33. The van der Waals surface area contributed by atoms with Crippen LogP contribution in [-0.4, -0.2) is 37.0 Å². The molecule has 2 aliphatic heterocycles. The van der Waals surface area contributed by atoms with E-state index >= 15 is 0 Å². The van der Waals surface area contributed by atoms with E-state index in [9.17, 15) is 4.79 Å². The van der Waals surface area contributed by atoms with E-state index < -0.39 is 0 Å². The van der Waals surface area contributed by atoms with E-state index in [0.29, 0.717) is 30.4 Å². The second-order valence-corrected chi connectivity index (χ2v) is 7.24. The molecule has 6 heteroatoms. The van der Waals surface area contributed by atoms with Crippen LogP contribution in [0.2, 0.25) is 5.02 Å². The number of nitrogens with zero attached hydrogens (tertiary/aromatic N) is 1. The Balaban J connectivity index is 1.68. The first-order valence-corrected chi connectivity index (χ1v) is 9.20. The van der Waals surface area contributed by atoms with Crippen LogP contribution in [0.1, 0.15) is 30.4 Å². The third kappa shape index (κ3) is 3.47. The van der Waals surface area contributed by atoms with E-state index in [4.69, 9.17) is 25.5 Å². The fourth-order valence-corrected chi connectivity index (χ4v) is 3.98. The van der Waals surface area contributed by atoms with Crippen molar-refractivity contribution in [3.05, 3.63) is 44.8 Å². The van der Waals surface area contributed by atoms with Gasteiger partial charge in [0, 0.05) is 23.0 Å². The minimum atomic E-state index is -0.328. The van der Waals surface area contributed by atoms with Crippen LogP contribution in [0.15, 0.2) is 27.4 Å². The molecule has 0 bridgehead atoms. The predicted octanol–water partition coefficient (Wildman–Crippen LogP) is 3.48. The third-order valence-corrected chi connectivity index (χ3v) is 5.52. The van der Waals surface area contributed by atoms with Crippen molar-refractivity contribution in [2.45, 2.75) is 45.1 Å². The van der Waals surface area contributed by atoms with E-state index in [-0.39, 0.29) is 18.0 Å². The summed E-state index contributed by atoms with van der Waals surface area (Å²) in [6, 6.07) is 5.53. The largest absolute Gasteiger partial charge is 0.423 e. The molecule has 0 amide bonds. The average Bonchev–Trinajstić information content (AvgIpc) is 3.11. The lowest BCUT2D eigenvalue weighted by molar-refractivity contribution is -0.111. The molecular weight excluding hydrogens is 342 g/mol. The number of likely N-dealkylation sites (tertiary alicyclic amines) is 1. The fourth-order valence-electron chi connectivity index (χ4n) is 3.82. The zero-order valence-corrected chi connectivity index (χ0v) is 15.1. The van der Waals surface area contributed by atoms with Crippen LogP contribution in [0.4, 0.5) is 0 Å². The summed E-state index contributed by atoms with van der Waals surface area (Å²) < 4.78 is 16.9. The fraction of sp³-hybridized carbons (Fsp3) is 0.526. The van der Waals surface area contributed by atoms with Crippen LogP contribution in [-0.2, 0) is 16.0 Å². The first kappa shape index (κ1) is 17.0. The summed E-state index contributed by atoms with van der Waals surface area (Å²) in [4.78, 5) is 14.4. The van der Waals surface area contributed by atoms with Gasteiger partial charge in [0.05, 0.1) is 19.3 Å². The molecule has 0 N–H and O–H groups in total. The van der Waals surface area contributed by atoms with E-state index in [1.807, 2.05) is 19.1 Å². The number of hydrogen-bond donors (Lipinski definition) is 0. The number of benzene rings is 1. The van der Waals surface area contributed by atoms with Crippen LogP contribution >= 0.6 is 11.6 Å². The van der Waals surface area contributed by atoms with Crippen molar-refractivity contribution in [2.75, 3.05) is 19.8 Å². The Morgan fingerprint density at radius 1 is 1.20 bits per heavy atom. The standard InChI is InChI=1S/C19H22ClNO4/c1-12-8-17-14(10-15(12)20)13(9-18(22)25-17)11-21-5-3-2-4-16(21)19-23-6-7-24-19/h8-10,16,19H,2-7,11H2,1H3. The molecule has 2 saturated heterocycles. The Morgan fingerprint density at radius 2 is 2.00 bits per heavy atom. The van der Waals surface area contributed by atoms with Crippen LogP contribution in [0.3, 0.4) is 0 Å². The lowest BCUT2D eigenvalue weighted by Crippen LogP contribution is -2.46. The molecule has 0 saturated carbocycles. The first-order valence-electron chi connectivity index (χ1n) is 8.82. The predicted molar refractivity (Wildman–Crippen MR) is 96.0 cm³/mol. The van der Waals surface area contributed by atoms with Gasteiger partial charge in [0.15, 0.2) is 6.29 Å². The van der Waals surface area contributed by atoms with Gasteiger partial charge >= 0.3 is 5.63 Å². The highest BCUT2D eigenvalue weighted by molar-refractivity contribution is 6.32. The Morgan fingerprint density at radius 3 is 2.80 bits per heavy atom. The summed E-state index contributed by atoms with van der Waals surface area (Å²) in [5.74, 6) is 0. The summed E-state index contributed by atoms with van der Waals surface area (Å²) in [6.45, 7) is 4.85. The Bertz CT molecular complexity index is 828. The van der Waals surface area contributed by atoms with Gasteiger partial charge in [-0.2, -0.15) is 0 Å². The van der Waals surface area contributed by atoms with Gasteiger partial charge in [-0.15, -0.1) is 0 Å². The second-order valence-electron chi connectivity index (χ2n) is 6.83. The molecule has 3 heterocycles. The maximum atomic E-state index is 12.0. The second kappa shape index (κ2) is 7.08. The summed E-state index contributed by atoms with van der Waals surface area (Å²) >= 11 is 6.30. The summed E-state index contributed by atoms with van der Waals surface area (Å²) in [5.41, 5.74) is 2.11. The zero-order chi connectivity index (χ0) is 17.4. The number of halogens is 1. The minimum absolute atomic E-state index is 0.169. The lowest BCUT2D eigenvalue weighted by Gasteiger charge is -2.38. The molecular formula is C19H22ClNO4. The maximum absolute atomic E-state index is 12.0. The van der Waals surface area contributed by atoms with Crippen LogP contribution in [0.25, 0.3) is 11.0 Å². The summed E-state index contributed by atoms with van der Waals surface area (Å²) in [7, 11) is 0. The Hall–Kier alpha value is -1.40. The molecule has 4 rings (SSSR count). The van der Waals surface area contributed by atoms with Crippen LogP contribution < -0.4 is 5.63 Å². The lowest BCUT2D eigenvalue weighted by atomic mass is 9.99. The molecule has 2 fully saturated rings. The molecule has 0 spiro atoms. The molecule has 25 heavy (non-hydrogen) atoms. The van der Waals surface area contributed by atoms with Gasteiger partial charge in [-0.25, -0.2) is 4.79 Å². The number of piperidine rings is 1. The molecule has 1 atom stereocenters. The molecule has 1 aromatic heterocycles. The normalized spacial score (nSPS) is 22.7. The molecule has 2 aromatic rings. The third-order valence-electron chi connectivity index (χ3n) is 5.11. The number of ether oxygens (including phenoxy) is 2.